The number of anilines is 1. The minimum absolute atomic E-state index is 0. The maximum absolute atomic E-state index is 11.9. The van der Waals surface area contributed by atoms with E-state index in [1.165, 1.54) is 6.07 Å². The summed E-state index contributed by atoms with van der Waals surface area (Å²) < 4.78 is 9.15. The van der Waals surface area contributed by atoms with Gasteiger partial charge in [-0.1, -0.05) is 24.3 Å². The summed E-state index contributed by atoms with van der Waals surface area (Å²) in [6, 6.07) is 10.4. The van der Waals surface area contributed by atoms with Gasteiger partial charge in [0.1, 0.15) is 0 Å². The van der Waals surface area contributed by atoms with Gasteiger partial charge in [-0.2, -0.15) is 0 Å². The van der Waals surface area contributed by atoms with Crippen molar-refractivity contribution in [3.8, 4) is 0 Å². The Balaban J connectivity index is 0.00000200. The Hall–Kier alpha value is -2.27. The first-order valence-electron chi connectivity index (χ1n) is 5.79. The number of esters is 1. The van der Waals surface area contributed by atoms with Crippen molar-refractivity contribution in [2.45, 2.75) is 6.92 Å². The lowest BCUT2D eigenvalue weighted by molar-refractivity contribution is 0.0403. The van der Waals surface area contributed by atoms with Crippen LogP contribution in [0.1, 0.15) is 17.3 Å². The first-order valence-corrected chi connectivity index (χ1v) is 5.79. The van der Waals surface area contributed by atoms with Crippen molar-refractivity contribution >= 4 is 41.0 Å². The van der Waals surface area contributed by atoms with Crippen LogP contribution in [-0.4, -0.2) is 18.7 Å². The number of fused-ring (bicyclic) bond motifs is 1. The predicted molar refractivity (Wildman–Crippen MR) is 78.0 cm³/mol. The van der Waals surface area contributed by atoms with Crippen LogP contribution in [0.5, 0.6) is 0 Å². The van der Waals surface area contributed by atoms with E-state index in [9.17, 15) is 9.59 Å². The van der Waals surface area contributed by atoms with E-state index in [-0.39, 0.29) is 24.6 Å². The number of ether oxygens (including phenoxy) is 2. The molecule has 106 valence electrons. The highest BCUT2D eigenvalue weighted by Crippen LogP contribution is 2.23. The van der Waals surface area contributed by atoms with Gasteiger partial charge in [0, 0.05) is 5.69 Å². The van der Waals surface area contributed by atoms with E-state index < -0.39 is 12.1 Å². The first kappa shape index (κ1) is 15.8. The van der Waals surface area contributed by atoms with Crippen molar-refractivity contribution in [3.05, 3.63) is 42.0 Å². The fourth-order valence-corrected chi connectivity index (χ4v) is 1.78. The number of rotatable bonds is 2. The van der Waals surface area contributed by atoms with Crippen LogP contribution in [0.4, 0.5) is 10.5 Å². The molecule has 0 radical (unpaired) electrons. The van der Waals surface area contributed by atoms with Gasteiger partial charge < -0.3 is 15.2 Å². The first-order chi connectivity index (χ1) is 9.11. The molecule has 0 unspecified atom stereocenters. The number of carbonyl (C=O) groups excluding carboxylic acids is 2. The zero-order valence-electron chi connectivity index (χ0n) is 10.8. The quantitative estimate of drug-likeness (QED) is 0.523. The van der Waals surface area contributed by atoms with Crippen LogP contribution in [0, 0.1) is 0 Å². The zero-order valence-corrected chi connectivity index (χ0v) is 11.6. The minimum atomic E-state index is -1.01. The Morgan fingerprint density at radius 1 is 1.20 bits per heavy atom. The molecule has 2 aromatic rings. The summed E-state index contributed by atoms with van der Waals surface area (Å²) in [6.45, 7) is 1.77. The van der Waals surface area contributed by atoms with Gasteiger partial charge in [-0.25, -0.2) is 9.59 Å². The van der Waals surface area contributed by atoms with E-state index in [0.29, 0.717) is 11.1 Å². The SMILES string of the molecule is CCOC(=O)OC(=O)c1cc(N)cc2ccccc12.Cl. The summed E-state index contributed by atoms with van der Waals surface area (Å²) in [5, 5.41) is 1.48. The molecule has 0 amide bonds. The normalized spacial score (nSPS) is 9.65. The number of benzene rings is 2. The van der Waals surface area contributed by atoms with Crippen molar-refractivity contribution in [1.82, 2.24) is 0 Å². The largest absolute Gasteiger partial charge is 0.516 e. The molecular formula is C14H14ClNO4. The Bertz CT molecular complexity index is 642. The average Bonchev–Trinajstić information content (AvgIpc) is 2.37. The molecule has 0 aliphatic rings. The molecule has 2 aromatic carbocycles. The van der Waals surface area contributed by atoms with Gasteiger partial charge in [0.05, 0.1) is 12.2 Å². The molecule has 0 saturated carbocycles. The average molecular weight is 296 g/mol. The number of hydrogen-bond donors (Lipinski definition) is 1. The maximum Gasteiger partial charge on any atom is 0.516 e. The van der Waals surface area contributed by atoms with E-state index >= 15 is 0 Å². The molecule has 0 spiro atoms. The van der Waals surface area contributed by atoms with Crippen LogP contribution in [0.25, 0.3) is 10.8 Å². The summed E-state index contributed by atoms with van der Waals surface area (Å²) in [5.41, 5.74) is 6.39. The summed E-state index contributed by atoms with van der Waals surface area (Å²) in [7, 11) is 0. The molecule has 0 heterocycles. The van der Waals surface area contributed by atoms with Gasteiger partial charge in [0.2, 0.25) is 0 Å². The lowest BCUT2D eigenvalue weighted by Gasteiger charge is -2.07. The number of carbonyl (C=O) groups is 2. The second kappa shape index (κ2) is 6.77. The number of nitrogens with two attached hydrogens (primary N) is 1. The molecule has 0 aliphatic heterocycles. The van der Waals surface area contributed by atoms with E-state index in [1.54, 1.807) is 25.1 Å². The molecule has 20 heavy (non-hydrogen) atoms. The molecule has 0 bridgehead atoms. The van der Waals surface area contributed by atoms with Crippen molar-refractivity contribution in [1.29, 1.82) is 0 Å². The Labute approximate surface area is 122 Å². The molecule has 0 aliphatic carbocycles. The van der Waals surface area contributed by atoms with Crippen molar-refractivity contribution in [3.63, 3.8) is 0 Å². The second-order valence-corrected chi connectivity index (χ2v) is 3.86. The highest BCUT2D eigenvalue weighted by molar-refractivity contribution is 6.08. The molecule has 2 rings (SSSR count). The van der Waals surface area contributed by atoms with Gasteiger partial charge >= 0.3 is 12.1 Å². The van der Waals surface area contributed by atoms with Crippen LogP contribution < -0.4 is 5.73 Å². The van der Waals surface area contributed by atoms with Crippen LogP contribution in [-0.2, 0) is 9.47 Å². The third-order valence-electron chi connectivity index (χ3n) is 2.54. The van der Waals surface area contributed by atoms with E-state index in [4.69, 9.17) is 5.73 Å². The molecule has 0 fully saturated rings. The predicted octanol–water partition coefficient (Wildman–Crippen LogP) is 3.16. The molecule has 0 aromatic heterocycles. The van der Waals surface area contributed by atoms with E-state index in [2.05, 4.69) is 9.47 Å². The Kier molecular flexibility index (Phi) is 5.34. The van der Waals surface area contributed by atoms with Gasteiger partial charge in [0.15, 0.2) is 0 Å². The summed E-state index contributed by atoms with van der Waals surface area (Å²) in [5.74, 6) is -0.776. The van der Waals surface area contributed by atoms with Crippen molar-refractivity contribution in [2.24, 2.45) is 0 Å². The topological polar surface area (TPSA) is 78.6 Å². The Morgan fingerprint density at radius 3 is 2.60 bits per heavy atom. The summed E-state index contributed by atoms with van der Waals surface area (Å²) >= 11 is 0. The lowest BCUT2D eigenvalue weighted by Crippen LogP contribution is -2.14. The minimum Gasteiger partial charge on any atom is -0.434 e. The summed E-state index contributed by atoms with van der Waals surface area (Å²) in [6.07, 6.45) is -1.01. The smallest absolute Gasteiger partial charge is 0.434 e. The lowest BCUT2D eigenvalue weighted by atomic mass is 10.0. The number of hydrogen-bond acceptors (Lipinski definition) is 5. The van der Waals surface area contributed by atoms with Gasteiger partial charge in [-0.3, -0.25) is 0 Å². The molecular weight excluding hydrogens is 282 g/mol. The third-order valence-corrected chi connectivity index (χ3v) is 2.54. The maximum atomic E-state index is 11.9. The zero-order chi connectivity index (χ0) is 13.8. The molecule has 0 saturated heterocycles. The molecule has 5 nitrogen and oxygen atoms in total. The highest BCUT2D eigenvalue weighted by atomic mass is 35.5. The molecule has 0 atom stereocenters. The number of halogens is 1. The van der Waals surface area contributed by atoms with Gasteiger partial charge in [-0.05, 0) is 29.8 Å². The molecule has 6 heteroatoms. The van der Waals surface area contributed by atoms with Gasteiger partial charge in [-0.15, -0.1) is 12.4 Å². The van der Waals surface area contributed by atoms with Crippen LogP contribution in [0.15, 0.2) is 36.4 Å². The van der Waals surface area contributed by atoms with Crippen molar-refractivity contribution in [2.75, 3.05) is 12.3 Å². The standard InChI is InChI=1S/C14H13NO4.ClH/c1-2-18-14(17)19-13(16)12-8-10(15)7-9-5-3-4-6-11(9)12;/h3-8H,2,15H2,1H3;1H. The monoisotopic (exact) mass is 295 g/mol. The molecule has 2 N–H and O–H groups in total. The second-order valence-electron chi connectivity index (χ2n) is 3.86. The van der Waals surface area contributed by atoms with Gasteiger partial charge in [0.25, 0.3) is 0 Å². The Morgan fingerprint density at radius 2 is 1.90 bits per heavy atom. The number of nitrogen functional groups attached to an aromatic ring is 1. The highest BCUT2D eigenvalue weighted by Gasteiger charge is 2.17. The fourth-order valence-electron chi connectivity index (χ4n) is 1.78. The van der Waals surface area contributed by atoms with E-state index in [0.717, 1.165) is 5.39 Å². The van der Waals surface area contributed by atoms with E-state index in [1.807, 2.05) is 12.1 Å². The third kappa shape index (κ3) is 3.39. The van der Waals surface area contributed by atoms with Crippen LogP contribution >= 0.6 is 12.4 Å². The summed E-state index contributed by atoms with van der Waals surface area (Å²) in [4.78, 5) is 23.1. The van der Waals surface area contributed by atoms with Crippen LogP contribution in [0.3, 0.4) is 0 Å². The fraction of sp³-hybridized carbons (Fsp3) is 0.143. The van der Waals surface area contributed by atoms with Crippen molar-refractivity contribution < 1.29 is 19.1 Å². The van der Waals surface area contributed by atoms with Crippen LogP contribution in [0.2, 0.25) is 0 Å².